The van der Waals surface area contributed by atoms with Gasteiger partial charge in [-0.2, -0.15) is 0 Å². The third-order valence-electron chi connectivity index (χ3n) is 5.75. The van der Waals surface area contributed by atoms with Crippen LogP contribution in [-0.2, 0) is 6.42 Å². The maximum absolute atomic E-state index is 10.6. The van der Waals surface area contributed by atoms with Crippen LogP contribution in [0.2, 0.25) is 0 Å². The summed E-state index contributed by atoms with van der Waals surface area (Å²) in [5.41, 5.74) is 2.75. The third-order valence-corrected chi connectivity index (χ3v) is 5.75. The number of nitrogens with zero attached hydrogens (tertiary/aromatic N) is 1. The summed E-state index contributed by atoms with van der Waals surface area (Å²) in [4.78, 5) is 2.11. The van der Waals surface area contributed by atoms with E-state index in [1.807, 2.05) is 26.0 Å². The number of rotatable bonds is 16. The molecule has 0 aliphatic rings. The molecule has 0 heterocycles. The van der Waals surface area contributed by atoms with Crippen molar-refractivity contribution in [3.8, 4) is 5.75 Å². The Labute approximate surface area is 179 Å². The van der Waals surface area contributed by atoms with Crippen LogP contribution in [0.5, 0.6) is 5.75 Å². The van der Waals surface area contributed by atoms with Gasteiger partial charge in [-0.1, -0.05) is 72.1 Å². The first-order chi connectivity index (χ1) is 13.9. The molecule has 1 rings (SSSR count). The Morgan fingerprint density at radius 2 is 1.31 bits per heavy atom. The maximum Gasteiger partial charge on any atom is 0.121 e. The number of benzene rings is 1. The Balaban J connectivity index is 2.83. The monoisotopic (exact) mass is 407 g/mol. The van der Waals surface area contributed by atoms with Crippen molar-refractivity contribution in [1.82, 2.24) is 0 Å². The molecule has 0 amide bonds. The van der Waals surface area contributed by atoms with Crippen molar-refractivity contribution in [3.63, 3.8) is 0 Å². The zero-order valence-electron chi connectivity index (χ0n) is 19.3. The van der Waals surface area contributed by atoms with Gasteiger partial charge < -0.3 is 20.2 Å². The fraction of sp³-hybridized carbons (Fsp3) is 0.760. The van der Waals surface area contributed by atoms with Crippen LogP contribution < -0.4 is 4.90 Å². The van der Waals surface area contributed by atoms with Gasteiger partial charge in [0.25, 0.3) is 0 Å². The van der Waals surface area contributed by atoms with Gasteiger partial charge in [-0.3, -0.25) is 0 Å². The highest BCUT2D eigenvalue weighted by Crippen LogP contribution is 2.29. The lowest BCUT2D eigenvalue weighted by atomic mass is 10.0. The Morgan fingerprint density at radius 3 is 1.76 bits per heavy atom. The molecule has 4 heteroatoms. The van der Waals surface area contributed by atoms with Gasteiger partial charge in [0.1, 0.15) is 5.75 Å². The number of unbranched alkanes of at least 4 members (excludes halogenated alkanes) is 6. The summed E-state index contributed by atoms with van der Waals surface area (Å²) >= 11 is 0. The molecule has 0 aromatic heterocycles. The molecular formula is C25H45NO3. The Bertz CT molecular complexity index is 541. The molecule has 4 nitrogen and oxygen atoms in total. The highest BCUT2D eigenvalue weighted by Gasteiger charge is 2.18. The quantitative estimate of drug-likeness (QED) is 0.306. The molecule has 1 aromatic carbocycles. The second-order valence-electron chi connectivity index (χ2n) is 8.54. The summed E-state index contributed by atoms with van der Waals surface area (Å²) in [5, 5.41) is 31.5. The van der Waals surface area contributed by atoms with Crippen molar-refractivity contribution in [2.24, 2.45) is 0 Å². The van der Waals surface area contributed by atoms with Crippen LogP contribution in [0.1, 0.15) is 96.1 Å². The molecular weight excluding hydrogens is 362 g/mol. The Kier molecular flexibility index (Phi) is 13.0. The van der Waals surface area contributed by atoms with Crippen molar-refractivity contribution in [2.75, 3.05) is 18.0 Å². The van der Waals surface area contributed by atoms with Crippen LogP contribution in [0.3, 0.4) is 0 Å². The predicted molar refractivity (Wildman–Crippen MR) is 124 cm³/mol. The van der Waals surface area contributed by atoms with Crippen molar-refractivity contribution < 1.29 is 15.3 Å². The Hall–Kier alpha value is -1.26. The highest BCUT2D eigenvalue weighted by molar-refractivity contribution is 5.57. The number of aromatic hydroxyl groups is 1. The molecule has 1 aromatic rings. The third kappa shape index (κ3) is 9.86. The second-order valence-corrected chi connectivity index (χ2v) is 8.54. The van der Waals surface area contributed by atoms with Crippen molar-refractivity contribution in [2.45, 2.75) is 111 Å². The molecule has 2 atom stereocenters. The van der Waals surface area contributed by atoms with E-state index in [0.717, 1.165) is 61.8 Å². The minimum Gasteiger partial charge on any atom is -0.507 e. The summed E-state index contributed by atoms with van der Waals surface area (Å²) in [6.07, 6.45) is 10.7. The number of aryl methyl sites for hydroxylation is 2. The van der Waals surface area contributed by atoms with Gasteiger partial charge in [-0.05, 0) is 49.4 Å². The molecule has 0 spiro atoms. The van der Waals surface area contributed by atoms with Crippen LogP contribution in [0.4, 0.5) is 5.69 Å². The van der Waals surface area contributed by atoms with E-state index in [-0.39, 0.29) is 0 Å². The maximum atomic E-state index is 10.6. The zero-order chi connectivity index (χ0) is 21.6. The standard InChI is InChI=1S/C25H45NO3/c1-5-8-10-12-14-23(27)18-26(19-24(28)15-13-11-9-6-2)22-16-20(4)25(29)21(7-3)17-22/h16-17,23-24,27-29H,5-15,18-19H2,1-4H3. The van der Waals surface area contributed by atoms with E-state index < -0.39 is 12.2 Å². The van der Waals surface area contributed by atoms with Gasteiger partial charge in [-0.25, -0.2) is 0 Å². The molecule has 2 unspecified atom stereocenters. The molecule has 0 fully saturated rings. The first-order valence-corrected chi connectivity index (χ1v) is 11.9. The van der Waals surface area contributed by atoms with E-state index in [1.54, 1.807) is 0 Å². The summed E-state index contributed by atoms with van der Waals surface area (Å²) in [6.45, 7) is 9.38. The summed E-state index contributed by atoms with van der Waals surface area (Å²) in [6, 6.07) is 3.98. The van der Waals surface area contributed by atoms with Crippen LogP contribution in [0, 0.1) is 6.92 Å². The van der Waals surface area contributed by atoms with E-state index in [4.69, 9.17) is 0 Å². The van der Waals surface area contributed by atoms with Gasteiger partial charge in [0, 0.05) is 18.8 Å². The molecule has 3 N–H and O–H groups in total. The average Bonchev–Trinajstić information content (AvgIpc) is 2.70. The fourth-order valence-corrected chi connectivity index (χ4v) is 3.87. The van der Waals surface area contributed by atoms with Gasteiger partial charge in [0.15, 0.2) is 0 Å². The molecule has 0 saturated carbocycles. The fourth-order valence-electron chi connectivity index (χ4n) is 3.87. The van der Waals surface area contributed by atoms with Gasteiger partial charge in [0.2, 0.25) is 0 Å². The minimum atomic E-state index is -0.404. The summed E-state index contributed by atoms with van der Waals surface area (Å²) < 4.78 is 0. The molecule has 0 aliphatic heterocycles. The van der Waals surface area contributed by atoms with E-state index in [2.05, 4.69) is 18.7 Å². The van der Waals surface area contributed by atoms with E-state index >= 15 is 0 Å². The number of hydrogen-bond acceptors (Lipinski definition) is 4. The molecule has 0 bridgehead atoms. The SMILES string of the molecule is CCCCCCC(O)CN(CC(O)CCCCCC)c1cc(C)c(O)c(CC)c1. The lowest BCUT2D eigenvalue weighted by Crippen LogP contribution is -2.38. The van der Waals surface area contributed by atoms with Crippen molar-refractivity contribution >= 4 is 5.69 Å². The number of phenolic OH excluding ortho intramolecular Hbond substituents is 1. The largest absolute Gasteiger partial charge is 0.507 e. The average molecular weight is 408 g/mol. The first-order valence-electron chi connectivity index (χ1n) is 11.9. The Morgan fingerprint density at radius 1 is 0.793 bits per heavy atom. The number of aliphatic hydroxyl groups is 2. The highest BCUT2D eigenvalue weighted by atomic mass is 16.3. The minimum absolute atomic E-state index is 0.358. The molecule has 0 radical (unpaired) electrons. The number of anilines is 1. The zero-order valence-corrected chi connectivity index (χ0v) is 19.3. The summed E-state index contributed by atoms with van der Waals surface area (Å²) in [7, 11) is 0. The van der Waals surface area contributed by atoms with Crippen LogP contribution in [0.15, 0.2) is 12.1 Å². The molecule has 168 valence electrons. The number of aliphatic hydroxyl groups excluding tert-OH is 2. The lowest BCUT2D eigenvalue weighted by Gasteiger charge is -2.30. The van der Waals surface area contributed by atoms with Crippen LogP contribution >= 0.6 is 0 Å². The smallest absolute Gasteiger partial charge is 0.121 e. The normalized spacial score (nSPS) is 13.4. The van der Waals surface area contributed by atoms with Crippen LogP contribution in [-0.4, -0.2) is 40.6 Å². The lowest BCUT2D eigenvalue weighted by molar-refractivity contribution is 0.145. The van der Waals surface area contributed by atoms with Crippen molar-refractivity contribution in [1.29, 1.82) is 0 Å². The number of hydrogen-bond donors (Lipinski definition) is 3. The number of phenols is 1. The second kappa shape index (κ2) is 14.7. The van der Waals surface area contributed by atoms with Gasteiger partial charge in [0.05, 0.1) is 12.2 Å². The topological polar surface area (TPSA) is 63.9 Å². The predicted octanol–water partition coefficient (Wildman–Crippen LogP) is 5.73. The first kappa shape index (κ1) is 25.8. The van der Waals surface area contributed by atoms with Crippen LogP contribution in [0.25, 0.3) is 0 Å². The van der Waals surface area contributed by atoms with E-state index in [0.29, 0.717) is 18.8 Å². The van der Waals surface area contributed by atoms with E-state index in [1.165, 1.54) is 25.7 Å². The molecule has 0 aliphatic carbocycles. The van der Waals surface area contributed by atoms with Gasteiger partial charge in [-0.15, -0.1) is 0 Å². The summed E-state index contributed by atoms with van der Waals surface area (Å²) in [5.74, 6) is 0.358. The van der Waals surface area contributed by atoms with Gasteiger partial charge >= 0.3 is 0 Å². The van der Waals surface area contributed by atoms with Crippen molar-refractivity contribution in [3.05, 3.63) is 23.3 Å². The molecule has 29 heavy (non-hydrogen) atoms. The molecule has 0 saturated heterocycles. The van der Waals surface area contributed by atoms with E-state index in [9.17, 15) is 15.3 Å².